The van der Waals surface area contributed by atoms with E-state index < -0.39 is 0 Å². The van der Waals surface area contributed by atoms with E-state index in [1.165, 1.54) is 6.07 Å². The number of nitrogens with one attached hydrogen (secondary N) is 2. The molecule has 25 heavy (non-hydrogen) atoms. The number of benzene rings is 2. The number of nitrogens with zero attached hydrogens (tertiary/aromatic N) is 1. The second kappa shape index (κ2) is 6.20. The van der Waals surface area contributed by atoms with Gasteiger partial charge < -0.3 is 10.6 Å². The maximum Gasteiger partial charge on any atom is 0.321 e. The van der Waals surface area contributed by atoms with Crippen molar-refractivity contribution in [1.82, 2.24) is 5.32 Å². The van der Waals surface area contributed by atoms with Gasteiger partial charge in [0.1, 0.15) is 5.82 Å². The molecule has 4 rings (SSSR count). The first kappa shape index (κ1) is 15.6. The molecule has 0 spiro atoms. The summed E-state index contributed by atoms with van der Waals surface area (Å²) in [5.41, 5.74) is 2.08. The van der Waals surface area contributed by atoms with Crippen LogP contribution in [0.5, 0.6) is 0 Å². The molecule has 3 amide bonds. The molecular formula is C19H18FN3O2. The fourth-order valence-corrected chi connectivity index (χ4v) is 3.28. The van der Waals surface area contributed by atoms with Crippen LogP contribution in [-0.2, 0) is 4.79 Å². The van der Waals surface area contributed by atoms with Gasteiger partial charge in [-0.15, -0.1) is 0 Å². The summed E-state index contributed by atoms with van der Waals surface area (Å²) in [6.07, 6.45) is 0.665. The van der Waals surface area contributed by atoms with E-state index in [4.69, 9.17) is 0 Å². The van der Waals surface area contributed by atoms with Crippen LogP contribution < -0.4 is 15.5 Å². The quantitative estimate of drug-likeness (QED) is 0.899. The fourth-order valence-electron chi connectivity index (χ4n) is 3.28. The molecule has 1 saturated heterocycles. The first-order valence-corrected chi connectivity index (χ1v) is 8.34. The highest BCUT2D eigenvalue weighted by molar-refractivity contribution is 5.96. The molecule has 0 aromatic heterocycles. The Morgan fingerprint density at radius 2 is 1.92 bits per heavy atom. The number of halogens is 1. The van der Waals surface area contributed by atoms with Crippen molar-refractivity contribution in [3.05, 3.63) is 59.9 Å². The van der Waals surface area contributed by atoms with E-state index >= 15 is 0 Å². The van der Waals surface area contributed by atoms with Gasteiger partial charge in [0.05, 0.1) is 0 Å². The van der Waals surface area contributed by atoms with E-state index in [0.29, 0.717) is 30.8 Å². The fraction of sp³-hybridized carbons (Fsp3) is 0.263. The van der Waals surface area contributed by atoms with Gasteiger partial charge in [-0.2, -0.15) is 0 Å². The first-order chi connectivity index (χ1) is 12.1. The van der Waals surface area contributed by atoms with E-state index in [1.54, 1.807) is 35.2 Å². The van der Waals surface area contributed by atoms with E-state index in [1.807, 2.05) is 12.1 Å². The summed E-state index contributed by atoms with van der Waals surface area (Å²) in [7, 11) is 0. The maximum atomic E-state index is 13.8. The van der Waals surface area contributed by atoms with Crippen molar-refractivity contribution in [3.8, 4) is 0 Å². The van der Waals surface area contributed by atoms with Gasteiger partial charge in [0.15, 0.2) is 0 Å². The van der Waals surface area contributed by atoms with Gasteiger partial charge >= 0.3 is 6.03 Å². The third-order valence-corrected chi connectivity index (χ3v) is 4.74. The summed E-state index contributed by atoms with van der Waals surface area (Å²) < 4.78 is 13.8. The Bertz CT molecular complexity index is 822. The van der Waals surface area contributed by atoms with Crippen LogP contribution in [0.1, 0.15) is 17.9 Å². The van der Waals surface area contributed by atoms with Crippen LogP contribution in [0.4, 0.5) is 20.6 Å². The summed E-state index contributed by atoms with van der Waals surface area (Å²) >= 11 is 0. The monoisotopic (exact) mass is 339 g/mol. The Kier molecular flexibility index (Phi) is 3.87. The lowest BCUT2D eigenvalue weighted by Crippen LogP contribution is -2.27. The van der Waals surface area contributed by atoms with Gasteiger partial charge in [-0.3, -0.25) is 9.69 Å². The van der Waals surface area contributed by atoms with Crippen molar-refractivity contribution in [3.63, 3.8) is 0 Å². The van der Waals surface area contributed by atoms with Crippen LogP contribution in [0.2, 0.25) is 0 Å². The average molecular weight is 339 g/mol. The number of urea groups is 1. The highest BCUT2D eigenvalue weighted by atomic mass is 19.1. The molecule has 2 aromatic rings. The SMILES string of the molecule is O=C(Nc1ccc(N2CCNC2=O)cc1)C1CC1c1ccccc1F. The third kappa shape index (κ3) is 3.07. The van der Waals surface area contributed by atoms with Crippen LogP contribution >= 0.6 is 0 Å². The molecule has 5 nitrogen and oxygen atoms in total. The lowest BCUT2D eigenvalue weighted by Gasteiger charge is -2.14. The highest BCUT2D eigenvalue weighted by Crippen LogP contribution is 2.48. The summed E-state index contributed by atoms with van der Waals surface area (Å²) in [4.78, 5) is 25.7. The lowest BCUT2D eigenvalue weighted by molar-refractivity contribution is -0.117. The number of hydrogen-bond acceptors (Lipinski definition) is 2. The van der Waals surface area contributed by atoms with Crippen LogP contribution in [0.3, 0.4) is 0 Å². The molecule has 2 fully saturated rings. The molecule has 2 aromatic carbocycles. The zero-order valence-corrected chi connectivity index (χ0v) is 13.5. The minimum atomic E-state index is -0.254. The summed E-state index contributed by atoms with van der Waals surface area (Å²) in [5, 5.41) is 5.62. The number of amides is 3. The van der Waals surface area contributed by atoms with Crippen molar-refractivity contribution in [1.29, 1.82) is 0 Å². The predicted molar refractivity (Wildman–Crippen MR) is 93.1 cm³/mol. The van der Waals surface area contributed by atoms with E-state index in [0.717, 1.165) is 5.69 Å². The lowest BCUT2D eigenvalue weighted by atomic mass is 10.1. The van der Waals surface area contributed by atoms with Gasteiger partial charge in [0.2, 0.25) is 5.91 Å². The van der Waals surface area contributed by atoms with E-state index in [9.17, 15) is 14.0 Å². The largest absolute Gasteiger partial charge is 0.336 e. The van der Waals surface area contributed by atoms with Crippen molar-refractivity contribution in [2.75, 3.05) is 23.3 Å². The second-order valence-electron chi connectivity index (χ2n) is 6.39. The van der Waals surface area contributed by atoms with Crippen molar-refractivity contribution in [2.45, 2.75) is 12.3 Å². The van der Waals surface area contributed by atoms with Crippen molar-refractivity contribution in [2.24, 2.45) is 5.92 Å². The van der Waals surface area contributed by atoms with E-state index in [2.05, 4.69) is 10.6 Å². The smallest absolute Gasteiger partial charge is 0.321 e. The number of rotatable bonds is 4. The molecule has 1 aliphatic heterocycles. The number of hydrogen-bond donors (Lipinski definition) is 2. The normalized spacial score (nSPS) is 21.8. The molecule has 2 N–H and O–H groups in total. The Balaban J connectivity index is 1.39. The molecule has 1 saturated carbocycles. The summed E-state index contributed by atoms with van der Waals surface area (Å²) in [6, 6.07) is 13.7. The zero-order chi connectivity index (χ0) is 17.4. The summed E-state index contributed by atoms with van der Waals surface area (Å²) in [5.74, 6) is -0.592. The number of carbonyl (C=O) groups excluding carboxylic acids is 2. The van der Waals surface area contributed by atoms with Crippen LogP contribution in [0.15, 0.2) is 48.5 Å². The molecule has 1 heterocycles. The predicted octanol–water partition coefficient (Wildman–Crippen LogP) is 3.10. The Morgan fingerprint density at radius 3 is 2.60 bits per heavy atom. The first-order valence-electron chi connectivity index (χ1n) is 8.34. The molecule has 0 bridgehead atoms. The molecular weight excluding hydrogens is 321 g/mol. The highest BCUT2D eigenvalue weighted by Gasteiger charge is 2.45. The molecule has 1 aliphatic carbocycles. The molecule has 2 aliphatic rings. The molecule has 6 heteroatoms. The summed E-state index contributed by atoms with van der Waals surface area (Å²) in [6.45, 7) is 1.27. The average Bonchev–Trinajstić information content (AvgIpc) is 3.30. The van der Waals surface area contributed by atoms with Crippen LogP contribution in [0, 0.1) is 11.7 Å². The second-order valence-corrected chi connectivity index (χ2v) is 6.39. The van der Waals surface area contributed by atoms with Crippen molar-refractivity contribution >= 4 is 23.3 Å². The van der Waals surface area contributed by atoms with E-state index in [-0.39, 0.29) is 29.6 Å². The van der Waals surface area contributed by atoms with Gasteiger partial charge in [0, 0.05) is 30.4 Å². The van der Waals surface area contributed by atoms with Gasteiger partial charge in [0.25, 0.3) is 0 Å². The molecule has 2 unspecified atom stereocenters. The zero-order valence-electron chi connectivity index (χ0n) is 13.5. The maximum absolute atomic E-state index is 13.8. The standard InChI is InChI=1S/C19H18FN3O2/c20-17-4-2-1-3-14(17)15-11-16(15)18(24)22-12-5-7-13(8-6-12)23-10-9-21-19(23)25/h1-8,15-16H,9-11H2,(H,21,25)(H,22,24). The molecule has 0 radical (unpaired) electrons. The topological polar surface area (TPSA) is 61.4 Å². The van der Waals surface area contributed by atoms with Gasteiger partial charge in [-0.1, -0.05) is 18.2 Å². The molecule has 128 valence electrons. The van der Waals surface area contributed by atoms with Gasteiger partial charge in [-0.25, -0.2) is 9.18 Å². The Morgan fingerprint density at radius 1 is 1.16 bits per heavy atom. The Hall–Kier alpha value is -2.89. The van der Waals surface area contributed by atoms with Crippen LogP contribution in [0.25, 0.3) is 0 Å². The minimum Gasteiger partial charge on any atom is -0.336 e. The molecule has 2 atom stereocenters. The van der Waals surface area contributed by atoms with Crippen molar-refractivity contribution < 1.29 is 14.0 Å². The van der Waals surface area contributed by atoms with Crippen LogP contribution in [-0.4, -0.2) is 25.0 Å². The Labute approximate surface area is 144 Å². The minimum absolute atomic E-state index is 0.0474. The number of carbonyl (C=O) groups is 2. The number of anilines is 2. The third-order valence-electron chi connectivity index (χ3n) is 4.74. The van der Waals surface area contributed by atoms with Gasteiger partial charge in [-0.05, 0) is 48.2 Å².